The molecule has 2 aliphatic rings. The molecule has 1 N–H and O–H groups in total. The highest BCUT2D eigenvalue weighted by Gasteiger charge is 2.13. The zero-order valence-electron chi connectivity index (χ0n) is 19.2. The zero-order chi connectivity index (χ0) is 22.3. The van der Waals surface area contributed by atoms with Crippen LogP contribution in [0.15, 0.2) is 46.7 Å². The van der Waals surface area contributed by atoms with Crippen molar-refractivity contribution in [2.45, 2.75) is 59.5 Å². The van der Waals surface area contributed by atoms with E-state index in [2.05, 4.69) is 51.4 Å². The van der Waals surface area contributed by atoms with E-state index in [1.165, 1.54) is 43.9 Å². The third-order valence-corrected chi connectivity index (χ3v) is 4.89. The highest BCUT2D eigenvalue weighted by molar-refractivity contribution is 5.86. The Labute approximate surface area is 186 Å². The first-order chi connectivity index (χ1) is 15.2. The average molecular weight is 428 g/mol. The Balaban J connectivity index is 0.00000166. The highest BCUT2D eigenvalue weighted by atomic mass is 16.5. The van der Waals surface area contributed by atoms with Crippen LogP contribution in [0, 0.1) is 0 Å². The number of nitrogens with zero attached hydrogens (tertiary/aromatic N) is 4. The molecule has 0 unspecified atom stereocenters. The SMILES string of the molecule is CC.CCCCOC1=N\C=C\NC(=O)CN(Cc2cccc(CN3CCCC3)c2)\C=N\1. The molecule has 7 nitrogen and oxygen atoms in total. The fraction of sp³-hybridized carbons (Fsp3) is 0.542. The molecule has 0 bridgehead atoms. The molecule has 2 aliphatic heterocycles. The van der Waals surface area contributed by atoms with Crippen LogP contribution in [0.4, 0.5) is 0 Å². The minimum atomic E-state index is -0.105. The molecule has 2 heterocycles. The average Bonchev–Trinajstić information content (AvgIpc) is 3.29. The van der Waals surface area contributed by atoms with Crippen LogP contribution in [0.25, 0.3) is 0 Å². The van der Waals surface area contributed by atoms with Crippen molar-refractivity contribution in [1.82, 2.24) is 15.1 Å². The number of carbonyl (C=O) groups excluding carboxylic acids is 1. The smallest absolute Gasteiger partial charge is 0.317 e. The maximum atomic E-state index is 12.1. The van der Waals surface area contributed by atoms with Gasteiger partial charge in [-0.3, -0.25) is 9.69 Å². The Morgan fingerprint density at radius 1 is 1.13 bits per heavy atom. The molecule has 1 aromatic carbocycles. The lowest BCUT2D eigenvalue weighted by atomic mass is 10.1. The minimum absolute atomic E-state index is 0.105. The molecule has 1 amide bonds. The molecule has 0 aliphatic carbocycles. The Bertz CT molecular complexity index is 754. The van der Waals surface area contributed by atoms with Gasteiger partial charge in [0.1, 0.15) is 0 Å². The van der Waals surface area contributed by atoms with Crippen molar-refractivity contribution in [1.29, 1.82) is 0 Å². The summed E-state index contributed by atoms with van der Waals surface area (Å²) in [5.41, 5.74) is 2.46. The summed E-state index contributed by atoms with van der Waals surface area (Å²) >= 11 is 0. The van der Waals surface area contributed by atoms with E-state index < -0.39 is 0 Å². The highest BCUT2D eigenvalue weighted by Crippen LogP contribution is 2.14. The molecule has 1 saturated heterocycles. The summed E-state index contributed by atoms with van der Waals surface area (Å²) in [6, 6.07) is 8.87. The van der Waals surface area contributed by atoms with Crippen molar-refractivity contribution in [3.63, 3.8) is 0 Å². The number of hydrogen-bond donors (Lipinski definition) is 1. The normalized spacial score (nSPS) is 20.7. The van der Waals surface area contributed by atoms with Gasteiger partial charge in [0, 0.05) is 25.5 Å². The van der Waals surface area contributed by atoms with Gasteiger partial charge < -0.3 is 15.0 Å². The van der Waals surface area contributed by atoms with Crippen molar-refractivity contribution >= 4 is 18.3 Å². The lowest BCUT2D eigenvalue weighted by molar-refractivity contribution is -0.120. The fourth-order valence-electron chi connectivity index (χ4n) is 3.41. The minimum Gasteiger partial charge on any atom is -0.463 e. The van der Waals surface area contributed by atoms with Gasteiger partial charge in [-0.2, -0.15) is 4.99 Å². The summed E-state index contributed by atoms with van der Waals surface area (Å²) in [7, 11) is 0. The number of ether oxygens (including phenoxy) is 1. The van der Waals surface area contributed by atoms with Crippen LogP contribution in [-0.4, -0.2) is 54.3 Å². The van der Waals surface area contributed by atoms with Crippen molar-refractivity contribution in [2.75, 3.05) is 26.2 Å². The van der Waals surface area contributed by atoms with Gasteiger partial charge in [-0.05, 0) is 43.5 Å². The summed E-state index contributed by atoms with van der Waals surface area (Å²) in [5.74, 6) is -0.105. The topological polar surface area (TPSA) is 69.5 Å². The van der Waals surface area contributed by atoms with E-state index in [0.29, 0.717) is 19.2 Å². The zero-order valence-corrected chi connectivity index (χ0v) is 19.2. The first-order valence-corrected chi connectivity index (χ1v) is 11.5. The molecule has 170 valence electrons. The first-order valence-electron chi connectivity index (χ1n) is 11.5. The molecule has 0 spiro atoms. The van der Waals surface area contributed by atoms with Crippen molar-refractivity contribution in [3.8, 4) is 0 Å². The summed E-state index contributed by atoms with van der Waals surface area (Å²) in [4.78, 5) is 25.0. The number of likely N-dealkylation sites (tertiary alicyclic amines) is 1. The number of nitrogens with one attached hydrogen (secondary N) is 1. The van der Waals surface area contributed by atoms with Crippen LogP contribution in [0.1, 0.15) is 57.6 Å². The van der Waals surface area contributed by atoms with Crippen LogP contribution in [-0.2, 0) is 22.6 Å². The predicted octanol–water partition coefficient (Wildman–Crippen LogP) is 3.91. The van der Waals surface area contributed by atoms with Gasteiger partial charge in [-0.25, -0.2) is 4.99 Å². The van der Waals surface area contributed by atoms with Crippen LogP contribution in [0.2, 0.25) is 0 Å². The molecule has 0 saturated carbocycles. The van der Waals surface area contributed by atoms with E-state index in [9.17, 15) is 4.79 Å². The second kappa shape index (κ2) is 14.4. The van der Waals surface area contributed by atoms with E-state index in [-0.39, 0.29) is 12.5 Å². The maximum absolute atomic E-state index is 12.1. The van der Waals surface area contributed by atoms with Gasteiger partial charge in [0.2, 0.25) is 5.91 Å². The van der Waals surface area contributed by atoms with Crippen molar-refractivity contribution in [2.24, 2.45) is 9.98 Å². The van der Waals surface area contributed by atoms with Gasteiger partial charge in [0.15, 0.2) is 0 Å². The van der Waals surface area contributed by atoms with E-state index in [1.54, 1.807) is 6.34 Å². The van der Waals surface area contributed by atoms with Crippen LogP contribution >= 0.6 is 0 Å². The van der Waals surface area contributed by atoms with Crippen LogP contribution < -0.4 is 5.32 Å². The Kier molecular flexibility index (Phi) is 11.4. The van der Waals surface area contributed by atoms with Gasteiger partial charge in [0.05, 0.1) is 19.5 Å². The van der Waals surface area contributed by atoms with Gasteiger partial charge >= 0.3 is 6.02 Å². The third kappa shape index (κ3) is 9.34. The van der Waals surface area contributed by atoms with E-state index in [0.717, 1.165) is 24.9 Å². The maximum Gasteiger partial charge on any atom is 0.317 e. The summed E-state index contributed by atoms with van der Waals surface area (Å²) < 4.78 is 5.63. The fourth-order valence-corrected chi connectivity index (χ4v) is 3.41. The largest absolute Gasteiger partial charge is 0.463 e. The van der Waals surface area contributed by atoms with E-state index in [4.69, 9.17) is 4.74 Å². The monoisotopic (exact) mass is 427 g/mol. The molecular weight excluding hydrogens is 390 g/mol. The van der Waals surface area contributed by atoms with Crippen LogP contribution in [0.3, 0.4) is 0 Å². The first kappa shape index (κ1) is 24.6. The van der Waals surface area contributed by atoms with E-state index >= 15 is 0 Å². The number of aliphatic imine (C=N–C) groups is 2. The number of hydrogen-bond acceptors (Lipinski definition) is 6. The van der Waals surface area contributed by atoms with Crippen LogP contribution in [0.5, 0.6) is 0 Å². The predicted molar refractivity (Wildman–Crippen MR) is 127 cm³/mol. The van der Waals surface area contributed by atoms with Gasteiger partial charge in [-0.15, -0.1) is 0 Å². The lowest BCUT2D eigenvalue weighted by Crippen LogP contribution is -2.34. The Morgan fingerprint density at radius 2 is 1.87 bits per heavy atom. The number of amides is 1. The third-order valence-electron chi connectivity index (χ3n) is 4.89. The Hall–Kier alpha value is -2.67. The molecular formula is C24H37N5O2. The molecule has 3 rings (SSSR count). The van der Waals surface area contributed by atoms with Crippen molar-refractivity contribution in [3.05, 3.63) is 47.8 Å². The number of benzene rings is 1. The van der Waals surface area contributed by atoms with E-state index in [1.807, 2.05) is 18.7 Å². The summed E-state index contributed by atoms with van der Waals surface area (Å²) in [6.07, 6.45) is 9.23. The molecule has 31 heavy (non-hydrogen) atoms. The lowest BCUT2D eigenvalue weighted by Gasteiger charge is -2.20. The quantitative estimate of drug-likeness (QED) is 0.670. The molecule has 1 aromatic rings. The van der Waals surface area contributed by atoms with Gasteiger partial charge in [0.25, 0.3) is 0 Å². The number of unbranched alkanes of at least 4 members (excludes halogenated alkanes) is 1. The number of carbonyl (C=O) groups is 1. The second-order valence-electron chi connectivity index (χ2n) is 7.45. The molecule has 1 fully saturated rings. The molecule has 0 radical (unpaired) electrons. The molecule has 7 heteroatoms. The summed E-state index contributed by atoms with van der Waals surface area (Å²) in [5, 5.41) is 2.72. The summed E-state index contributed by atoms with van der Waals surface area (Å²) in [6.45, 7) is 10.8. The number of amidine groups is 1. The van der Waals surface area contributed by atoms with Crippen molar-refractivity contribution < 1.29 is 9.53 Å². The Morgan fingerprint density at radius 3 is 2.61 bits per heavy atom. The number of rotatable bonds is 7. The second-order valence-corrected chi connectivity index (χ2v) is 7.45. The molecule has 0 aromatic heterocycles. The molecule has 0 atom stereocenters. The van der Waals surface area contributed by atoms with Gasteiger partial charge in [-0.1, -0.05) is 51.5 Å². The standard InChI is InChI=1S/C22H31N5O2.C2H6/c1-2-3-13-29-22-24-10-9-23-21(28)17-27(18-25-22)16-20-8-6-7-19(14-20)15-26-11-4-5-12-26;1-2/h6-10,14,18H,2-5,11-13,15-17H2,1H3,(H,23,28);1-2H3/b10-9+,24-22-,25-18+;.